The fourth-order valence-electron chi connectivity index (χ4n) is 2.25. The fourth-order valence-corrected chi connectivity index (χ4v) is 2.25. The second-order valence-corrected chi connectivity index (χ2v) is 3.47. The van der Waals surface area contributed by atoms with Crippen LogP contribution in [0.4, 0.5) is 0 Å². The van der Waals surface area contributed by atoms with Crippen molar-refractivity contribution in [2.24, 2.45) is 0 Å². The predicted molar refractivity (Wildman–Crippen MR) is 38.4 cm³/mol. The molecule has 0 aromatic carbocycles. The largest absolute Gasteiger partial charge is 0.298 e. The molecule has 2 atom stereocenters. The van der Waals surface area contributed by atoms with Crippen LogP contribution >= 0.6 is 0 Å². The van der Waals surface area contributed by atoms with Gasteiger partial charge in [-0.15, -0.1) is 0 Å². The van der Waals surface area contributed by atoms with Crippen molar-refractivity contribution in [2.75, 3.05) is 6.54 Å². The lowest BCUT2D eigenvalue weighted by Crippen LogP contribution is -2.56. The van der Waals surface area contributed by atoms with Crippen molar-refractivity contribution in [3.05, 3.63) is 0 Å². The Hall–Kier alpha value is -0.0400. The van der Waals surface area contributed by atoms with Crippen LogP contribution < -0.4 is 0 Å². The predicted octanol–water partition coefficient (Wildman–Crippen LogP) is 1.63. The maximum atomic E-state index is 2.66. The molecule has 2 heterocycles. The Balaban J connectivity index is 1.94. The third-order valence-corrected chi connectivity index (χ3v) is 2.85. The molecule has 9 heavy (non-hydrogen) atoms. The van der Waals surface area contributed by atoms with Crippen LogP contribution in [0.2, 0.25) is 0 Å². The van der Waals surface area contributed by atoms with E-state index in [-0.39, 0.29) is 0 Å². The summed E-state index contributed by atoms with van der Waals surface area (Å²) in [7, 11) is 0. The lowest BCUT2D eigenvalue weighted by molar-refractivity contribution is -0.00228. The highest BCUT2D eigenvalue weighted by Crippen LogP contribution is 2.32. The van der Waals surface area contributed by atoms with E-state index >= 15 is 0 Å². The van der Waals surface area contributed by atoms with E-state index in [9.17, 15) is 0 Å². The van der Waals surface area contributed by atoms with Crippen LogP contribution in [0.15, 0.2) is 0 Å². The van der Waals surface area contributed by atoms with E-state index < -0.39 is 0 Å². The summed E-state index contributed by atoms with van der Waals surface area (Å²) < 4.78 is 0. The van der Waals surface area contributed by atoms with Gasteiger partial charge in [0.1, 0.15) is 0 Å². The standard InChI is InChI=1S/C8H15N/c1-7-6-8-4-2-3-5-9(7)8/h7-8H,2-6H2,1H3. The van der Waals surface area contributed by atoms with Crippen molar-refractivity contribution < 1.29 is 0 Å². The topological polar surface area (TPSA) is 3.24 Å². The summed E-state index contributed by atoms with van der Waals surface area (Å²) in [6, 6.07) is 1.91. The number of hydrogen-bond acceptors (Lipinski definition) is 1. The van der Waals surface area contributed by atoms with Crippen LogP contribution in [-0.2, 0) is 0 Å². The second-order valence-electron chi connectivity index (χ2n) is 3.47. The quantitative estimate of drug-likeness (QED) is 0.475. The van der Waals surface area contributed by atoms with Crippen LogP contribution in [0.5, 0.6) is 0 Å². The lowest BCUT2D eigenvalue weighted by Gasteiger charge is -2.50. The Morgan fingerprint density at radius 3 is 2.78 bits per heavy atom. The maximum absolute atomic E-state index is 2.66. The zero-order chi connectivity index (χ0) is 6.27. The monoisotopic (exact) mass is 125 g/mol. The summed E-state index contributed by atoms with van der Waals surface area (Å²) in [5.41, 5.74) is 0. The van der Waals surface area contributed by atoms with E-state index in [0.29, 0.717) is 0 Å². The van der Waals surface area contributed by atoms with Gasteiger partial charge in [0.05, 0.1) is 0 Å². The van der Waals surface area contributed by atoms with Crippen molar-refractivity contribution >= 4 is 0 Å². The highest BCUT2D eigenvalue weighted by atomic mass is 15.2. The Kier molecular flexibility index (Phi) is 1.26. The molecule has 2 saturated heterocycles. The molecule has 0 saturated carbocycles. The first-order valence-electron chi connectivity index (χ1n) is 4.13. The summed E-state index contributed by atoms with van der Waals surface area (Å²) in [5, 5.41) is 0. The molecule has 0 aromatic heterocycles. The molecule has 2 rings (SSSR count). The molecule has 2 aliphatic rings. The first-order chi connectivity index (χ1) is 4.38. The van der Waals surface area contributed by atoms with Crippen molar-refractivity contribution in [1.29, 1.82) is 0 Å². The molecule has 2 fully saturated rings. The fraction of sp³-hybridized carbons (Fsp3) is 1.00. The van der Waals surface area contributed by atoms with Gasteiger partial charge in [0.15, 0.2) is 0 Å². The minimum Gasteiger partial charge on any atom is -0.298 e. The van der Waals surface area contributed by atoms with Gasteiger partial charge in [-0.25, -0.2) is 0 Å². The van der Waals surface area contributed by atoms with E-state index in [1.807, 2.05) is 0 Å². The minimum atomic E-state index is 0.912. The van der Waals surface area contributed by atoms with Crippen LogP contribution in [0.3, 0.4) is 0 Å². The molecule has 0 spiro atoms. The summed E-state index contributed by atoms with van der Waals surface area (Å²) >= 11 is 0. The molecule has 2 aliphatic heterocycles. The molecule has 2 unspecified atom stereocenters. The zero-order valence-corrected chi connectivity index (χ0v) is 6.14. The zero-order valence-electron chi connectivity index (χ0n) is 6.14. The molecule has 0 aromatic rings. The molecule has 0 aliphatic carbocycles. The molecule has 0 amide bonds. The van der Waals surface area contributed by atoms with Crippen LogP contribution in [0.1, 0.15) is 32.6 Å². The van der Waals surface area contributed by atoms with Crippen molar-refractivity contribution in [1.82, 2.24) is 4.90 Å². The van der Waals surface area contributed by atoms with Gasteiger partial charge in [-0.05, 0) is 32.7 Å². The van der Waals surface area contributed by atoms with Gasteiger partial charge in [-0.1, -0.05) is 6.42 Å². The third-order valence-electron chi connectivity index (χ3n) is 2.85. The molecule has 0 bridgehead atoms. The molecule has 1 nitrogen and oxygen atoms in total. The summed E-state index contributed by atoms with van der Waals surface area (Å²) in [5.74, 6) is 0. The highest BCUT2D eigenvalue weighted by molar-refractivity contribution is 4.91. The highest BCUT2D eigenvalue weighted by Gasteiger charge is 2.35. The molecule has 0 radical (unpaired) electrons. The van der Waals surface area contributed by atoms with E-state index in [2.05, 4.69) is 11.8 Å². The molecule has 1 heteroatoms. The first kappa shape index (κ1) is 5.72. The number of rotatable bonds is 0. The third kappa shape index (κ3) is 0.787. The van der Waals surface area contributed by atoms with Gasteiger partial charge in [-0.2, -0.15) is 0 Å². The van der Waals surface area contributed by atoms with Crippen molar-refractivity contribution in [2.45, 2.75) is 44.7 Å². The molecular formula is C8H15N. The Morgan fingerprint density at radius 1 is 1.33 bits per heavy atom. The van der Waals surface area contributed by atoms with Gasteiger partial charge in [0.25, 0.3) is 0 Å². The summed E-state index contributed by atoms with van der Waals surface area (Å²) in [6.07, 6.45) is 5.87. The normalized spacial score (nSPS) is 43.7. The average molecular weight is 125 g/mol. The van der Waals surface area contributed by atoms with Gasteiger partial charge in [-0.3, -0.25) is 4.90 Å². The Morgan fingerprint density at radius 2 is 2.22 bits per heavy atom. The van der Waals surface area contributed by atoms with Crippen LogP contribution in [-0.4, -0.2) is 23.5 Å². The van der Waals surface area contributed by atoms with E-state index in [1.165, 1.54) is 32.2 Å². The van der Waals surface area contributed by atoms with Crippen molar-refractivity contribution in [3.63, 3.8) is 0 Å². The Labute approximate surface area is 57.0 Å². The Bertz CT molecular complexity index is 109. The maximum Gasteiger partial charge on any atom is 0.0113 e. The van der Waals surface area contributed by atoms with Crippen LogP contribution in [0, 0.1) is 0 Å². The van der Waals surface area contributed by atoms with Crippen molar-refractivity contribution in [3.8, 4) is 0 Å². The van der Waals surface area contributed by atoms with E-state index in [0.717, 1.165) is 12.1 Å². The molecule has 52 valence electrons. The smallest absolute Gasteiger partial charge is 0.0113 e. The summed E-state index contributed by atoms with van der Waals surface area (Å²) in [6.45, 7) is 3.73. The molecule has 0 N–H and O–H groups in total. The minimum absolute atomic E-state index is 0.912. The van der Waals surface area contributed by atoms with Gasteiger partial charge in [0, 0.05) is 12.1 Å². The number of fused-ring (bicyclic) bond motifs is 1. The second kappa shape index (κ2) is 1.98. The van der Waals surface area contributed by atoms with Gasteiger partial charge < -0.3 is 0 Å². The summed E-state index contributed by atoms with van der Waals surface area (Å²) in [4.78, 5) is 2.66. The number of nitrogens with zero attached hydrogens (tertiary/aromatic N) is 1. The number of piperidine rings is 1. The average Bonchev–Trinajstić information content (AvgIpc) is 1.86. The van der Waals surface area contributed by atoms with E-state index in [4.69, 9.17) is 0 Å². The van der Waals surface area contributed by atoms with Gasteiger partial charge >= 0.3 is 0 Å². The van der Waals surface area contributed by atoms with Crippen LogP contribution in [0.25, 0.3) is 0 Å². The van der Waals surface area contributed by atoms with E-state index in [1.54, 1.807) is 0 Å². The SMILES string of the molecule is CC1CC2CCCCN12. The number of hydrogen-bond donors (Lipinski definition) is 0. The first-order valence-corrected chi connectivity index (χ1v) is 4.13. The lowest BCUT2D eigenvalue weighted by atomic mass is 9.86. The molecular weight excluding hydrogens is 110 g/mol. The van der Waals surface area contributed by atoms with Gasteiger partial charge in [0.2, 0.25) is 0 Å².